The Morgan fingerprint density at radius 3 is 2.36 bits per heavy atom. The van der Waals surface area contributed by atoms with E-state index >= 15 is 0 Å². The Bertz CT molecular complexity index is 1090. The zero-order valence-electron chi connectivity index (χ0n) is 16.1. The van der Waals surface area contributed by atoms with Crippen molar-refractivity contribution in [3.05, 3.63) is 65.9 Å². The highest BCUT2D eigenvalue weighted by molar-refractivity contribution is 7.89. The minimum atomic E-state index is -3.96. The number of hydrogen-bond acceptors (Lipinski definition) is 3. The average Bonchev–Trinajstić information content (AvgIpc) is 3.03. The highest BCUT2D eigenvalue weighted by Crippen LogP contribution is 2.24. The van der Waals surface area contributed by atoms with E-state index < -0.39 is 22.0 Å². The molecule has 2 aromatic carbocycles. The van der Waals surface area contributed by atoms with Gasteiger partial charge in [0.1, 0.15) is 6.04 Å². The topological polar surface area (TPSA) is 99.3 Å². The maximum Gasteiger partial charge on any atom is 0.322 e. The SMILES string of the molecule is CC(C)(C)c1ccc(S(=O)(=O)N[C@H](Cc2c[nH]c3ccccc23)C(=O)O)cc1. The normalized spacial score (nSPS) is 13.5. The van der Waals surface area contributed by atoms with Gasteiger partial charge in [0, 0.05) is 23.5 Å². The summed E-state index contributed by atoms with van der Waals surface area (Å²) in [5, 5.41) is 10.4. The molecule has 1 heterocycles. The smallest absolute Gasteiger partial charge is 0.322 e. The molecule has 0 spiro atoms. The third-order valence-electron chi connectivity index (χ3n) is 4.73. The second-order valence-corrected chi connectivity index (χ2v) is 9.56. The molecule has 0 aliphatic carbocycles. The van der Waals surface area contributed by atoms with Gasteiger partial charge in [0.05, 0.1) is 4.90 Å². The van der Waals surface area contributed by atoms with Gasteiger partial charge in [-0.3, -0.25) is 4.79 Å². The number of rotatable bonds is 6. The molecule has 148 valence electrons. The Hall–Kier alpha value is -2.64. The lowest BCUT2D eigenvalue weighted by Crippen LogP contribution is -2.42. The van der Waals surface area contributed by atoms with E-state index in [2.05, 4.69) is 9.71 Å². The second kappa shape index (κ2) is 7.41. The quantitative estimate of drug-likeness (QED) is 0.590. The van der Waals surface area contributed by atoms with E-state index in [0.717, 1.165) is 22.0 Å². The molecule has 0 fully saturated rings. The number of sulfonamides is 1. The van der Waals surface area contributed by atoms with Gasteiger partial charge in [0.15, 0.2) is 0 Å². The van der Waals surface area contributed by atoms with Crippen molar-refractivity contribution in [2.45, 2.75) is 43.5 Å². The summed E-state index contributed by atoms with van der Waals surface area (Å²) < 4.78 is 27.8. The van der Waals surface area contributed by atoms with Crippen molar-refractivity contribution in [2.24, 2.45) is 0 Å². The van der Waals surface area contributed by atoms with Crippen LogP contribution in [0.5, 0.6) is 0 Å². The third-order valence-corrected chi connectivity index (χ3v) is 6.21. The van der Waals surface area contributed by atoms with Crippen molar-refractivity contribution >= 4 is 26.9 Å². The van der Waals surface area contributed by atoms with E-state index in [1.165, 1.54) is 12.1 Å². The summed E-state index contributed by atoms with van der Waals surface area (Å²) in [6, 6.07) is 12.7. The number of carboxylic acid groups (broad SMARTS) is 1. The van der Waals surface area contributed by atoms with E-state index in [1.807, 2.05) is 45.0 Å². The first-order chi connectivity index (χ1) is 13.1. The summed E-state index contributed by atoms with van der Waals surface area (Å²) >= 11 is 0. The van der Waals surface area contributed by atoms with Gasteiger partial charge in [0.2, 0.25) is 10.0 Å². The number of nitrogens with one attached hydrogen (secondary N) is 2. The molecule has 0 unspecified atom stereocenters. The molecule has 6 nitrogen and oxygen atoms in total. The first-order valence-electron chi connectivity index (χ1n) is 8.98. The summed E-state index contributed by atoms with van der Waals surface area (Å²) in [7, 11) is -3.96. The highest BCUT2D eigenvalue weighted by Gasteiger charge is 2.27. The van der Waals surface area contributed by atoms with Crippen LogP contribution >= 0.6 is 0 Å². The highest BCUT2D eigenvalue weighted by atomic mass is 32.2. The first kappa shape index (κ1) is 20.1. The number of para-hydroxylation sites is 1. The lowest BCUT2D eigenvalue weighted by atomic mass is 9.87. The molecule has 3 N–H and O–H groups in total. The number of carboxylic acids is 1. The van der Waals surface area contributed by atoms with Gasteiger partial charge in [-0.25, -0.2) is 8.42 Å². The van der Waals surface area contributed by atoms with Crippen LogP contribution in [0, 0.1) is 0 Å². The van der Waals surface area contributed by atoms with Crippen LogP contribution in [0.25, 0.3) is 10.9 Å². The van der Waals surface area contributed by atoms with Gasteiger partial charge in [-0.2, -0.15) is 4.72 Å². The number of aromatic nitrogens is 1. The number of aromatic amines is 1. The van der Waals surface area contributed by atoms with Gasteiger partial charge >= 0.3 is 5.97 Å². The number of fused-ring (bicyclic) bond motifs is 1. The van der Waals surface area contributed by atoms with Crippen molar-refractivity contribution in [3.63, 3.8) is 0 Å². The lowest BCUT2D eigenvalue weighted by molar-refractivity contribution is -0.138. The van der Waals surface area contributed by atoms with Gasteiger partial charge in [0.25, 0.3) is 0 Å². The third kappa shape index (κ3) is 4.26. The van der Waals surface area contributed by atoms with Crippen molar-refractivity contribution in [1.82, 2.24) is 9.71 Å². The summed E-state index contributed by atoms with van der Waals surface area (Å²) in [6.07, 6.45) is 1.76. The lowest BCUT2D eigenvalue weighted by Gasteiger charge is -2.19. The van der Waals surface area contributed by atoms with Crippen LogP contribution in [-0.4, -0.2) is 30.5 Å². The Morgan fingerprint density at radius 1 is 1.11 bits per heavy atom. The Labute approximate surface area is 164 Å². The predicted octanol–water partition coefficient (Wildman–Crippen LogP) is 3.44. The summed E-state index contributed by atoms with van der Waals surface area (Å²) in [6.45, 7) is 6.11. The molecule has 0 radical (unpaired) electrons. The Balaban J connectivity index is 1.84. The fourth-order valence-electron chi connectivity index (χ4n) is 3.09. The fraction of sp³-hybridized carbons (Fsp3) is 0.286. The minimum absolute atomic E-state index is 0.0403. The fourth-order valence-corrected chi connectivity index (χ4v) is 4.28. The standard InChI is InChI=1S/C21H24N2O4S/c1-21(2,3)15-8-10-16(11-9-15)28(26,27)23-19(20(24)25)12-14-13-22-18-7-5-4-6-17(14)18/h4-11,13,19,22-23H,12H2,1-3H3,(H,24,25)/t19-/m1/s1. The van der Waals surface area contributed by atoms with E-state index in [4.69, 9.17) is 0 Å². The molecule has 1 atom stereocenters. The molecule has 0 aliphatic rings. The molecule has 0 amide bonds. The molecule has 0 bridgehead atoms. The summed E-state index contributed by atoms with van der Waals surface area (Å²) in [5.41, 5.74) is 2.52. The van der Waals surface area contributed by atoms with Crippen molar-refractivity contribution in [1.29, 1.82) is 0 Å². The van der Waals surface area contributed by atoms with Gasteiger partial charge in [-0.05, 0) is 34.7 Å². The number of benzene rings is 2. The van der Waals surface area contributed by atoms with Gasteiger partial charge in [-0.15, -0.1) is 0 Å². The summed E-state index contributed by atoms with van der Waals surface area (Å²) in [4.78, 5) is 14.8. The van der Waals surface area contributed by atoms with Crippen molar-refractivity contribution in [2.75, 3.05) is 0 Å². The first-order valence-corrected chi connectivity index (χ1v) is 10.5. The van der Waals surface area contributed by atoms with E-state index in [0.29, 0.717) is 0 Å². The van der Waals surface area contributed by atoms with Crippen LogP contribution in [0.3, 0.4) is 0 Å². The molecule has 0 saturated heterocycles. The molecular formula is C21H24N2O4S. The zero-order chi connectivity index (χ0) is 20.5. The monoisotopic (exact) mass is 400 g/mol. The van der Waals surface area contributed by atoms with Crippen LogP contribution < -0.4 is 4.72 Å². The molecule has 0 saturated carbocycles. The van der Waals surface area contributed by atoms with Gasteiger partial charge in [-0.1, -0.05) is 51.1 Å². The van der Waals surface area contributed by atoms with E-state index in [1.54, 1.807) is 18.3 Å². The predicted molar refractivity (Wildman–Crippen MR) is 109 cm³/mol. The van der Waals surface area contributed by atoms with Crippen LogP contribution in [0.2, 0.25) is 0 Å². The zero-order valence-corrected chi connectivity index (χ0v) is 16.9. The molecule has 1 aromatic heterocycles. The maximum absolute atomic E-state index is 12.7. The van der Waals surface area contributed by atoms with E-state index in [9.17, 15) is 18.3 Å². The molecule has 7 heteroatoms. The molecule has 28 heavy (non-hydrogen) atoms. The molecule has 3 aromatic rings. The van der Waals surface area contributed by atoms with Crippen LogP contribution in [-0.2, 0) is 26.7 Å². The largest absolute Gasteiger partial charge is 0.480 e. The molecule has 3 rings (SSSR count). The molecular weight excluding hydrogens is 376 g/mol. The van der Waals surface area contributed by atoms with Gasteiger partial charge < -0.3 is 10.1 Å². The minimum Gasteiger partial charge on any atom is -0.480 e. The number of hydrogen-bond donors (Lipinski definition) is 3. The van der Waals surface area contributed by atoms with Crippen molar-refractivity contribution in [3.8, 4) is 0 Å². The van der Waals surface area contributed by atoms with E-state index in [-0.39, 0.29) is 16.7 Å². The van der Waals surface area contributed by atoms with Crippen LogP contribution in [0.4, 0.5) is 0 Å². The maximum atomic E-state index is 12.7. The van der Waals surface area contributed by atoms with Crippen LogP contribution in [0.15, 0.2) is 59.6 Å². The number of carbonyl (C=O) groups is 1. The Morgan fingerprint density at radius 2 is 1.75 bits per heavy atom. The van der Waals surface area contributed by atoms with Crippen LogP contribution in [0.1, 0.15) is 31.9 Å². The number of H-pyrrole nitrogens is 1. The second-order valence-electron chi connectivity index (χ2n) is 7.85. The Kier molecular flexibility index (Phi) is 5.32. The molecule has 0 aliphatic heterocycles. The summed E-state index contributed by atoms with van der Waals surface area (Å²) in [5.74, 6) is -1.22. The number of aliphatic carboxylic acids is 1. The average molecular weight is 401 g/mol. The van der Waals surface area contributed by atoms with Crippen molar-refractivity contribution < 1.29 is 18.3 Å².